The Balaban J connectivity index is 1.42. The van der Waals surface area contributed by atoms with Crippen LogP contribution in [0.4, 0.5) is 5.13 Å². The fraction of sp³-hybridized carbons (Fsp3) is 0.0556. The molecular formula is C18H12ClN5O2S2. The van der Waals surface area contributed by atoms with Gasteiger partial charge >= 0.3 is 0 Å². The first-order valence-electron chi connectivity index (χ1n) is 8.09. The molecule has 4 aromatic rings. The van der Waals surface area contributed by atoms with E-state index >= 15 is 0 Å². The van der Waals surface area contributed by atoms with Crippen molar-refractivity contribution >= 4 is 56.8 Å². The van der Waals surface area contributed by atoms with Gasteiger partial charge in [0.25, 0.3) is 11.5 Å². The van der Waals surface area contributed by atoms with Gasteiger partial charge in [-0.05, 0) is 36.4 Å². The molecule has 0 aliphatic carbocycles. The summed E-state index contributed by atoms with van der Waals surface area (Å²) in [6.07, 6.45) is 0. The van der Waals surface area contributed by atoms with Crippen molar-refractivity contribution in [2.24, 2.45) is 0 Å². The van der Waals surface area contributed by atoms with E-state index in [1.807, 2.05) is 18.2 Å². The molecule has 2 aromatic carbocycles. The molecular weight excluding hydrogens is 418 g/mol. The van der Waals surface area contributed by atoms with E-state index in [2.05, 4.69) is 25.5 Å². The topological polar surface area (TPSA) is 101 Å². The van der Waals surface area contributed by atoms with Crippen LogP contribution in [-0.2, 0) is 5.75 Å². The van der Waals surface area contributed by atoms with E-state index in [1.54, 1.807) is 30.3 Å². The molecule has 4 rings (SSSR count). The van der Waals surface area contributed by atoms with Gasteiger partial charge in [0.2, 0.25) is 5.13 Å². The van der Waals surface area contributed by atoms with E-state index in [9.17, 15) is 9.59 Å². The molecule has 0 radical (unpaired) electrons. The smallest absolute Gasteiger partial charge is 0.271 e. The van der Waals surface area contributed by atoms with Crippen molar-refractivity contribution in [3.63, 3.8) is 0 Å². The third-order valence-corrected chi connectivity index (χ3v) is 5.97. The number of para-hydroxylation sites is 2. The van der Waals surface area contributed by atoms with Crippen LogP contribution in [0.5, 0.6) is 0 Å². The summed E-state index contributed by atoms with van der Waals surface area (Å²) < 4.78 is 0.626. The first kappa shape index (κ1) is 18.6. The van der Waals surface area contributed by atoms with Crippen LogP contribution in [0.3, 0.4) is 0 Å². The lowest BCUT2D eigenvalue weighted by Crippen LogP contribution is -2.14. The Morgan fingerprint density at radius 1 is 1.14 bits per heavy atom. The monoisotopic (exact) mass is 429 g/mol. The zero-order valence-electron chi connectivity index (χ0n) is 14.2. The van der Waals surface area contributed by atoms with Gasteiger partial charge in [0.05, 0.1) is 11.0 Å². The number of aromatic nitrogens is 4. The molecule has 0 saturated heterocycles. The van der Waals surface area contributed by atoms with Crippen LogP contribution in [0.1, 0.15) is 16.1 Å². The molecule has 0 bridgehead atoms. The van der Waals surface area contributed by atoms with E-state index < -0.39 is 0 Å². The Morgan fingerprint density at radius 2 is 1.93 bits per heavy atom. The largest absolute Gasteiger partial charge is 0.319 e. The standard InChI is InChI=1S/C18H12ClN5O2S2/c19-11-7-5-10(6-8-11)15(25)22-17-23-24-18(28-17)27-9-14-16(26)21-13-4-2-1-3-12(13)20-14/h1-8H,9H2,(H,21,26)(H,22,23,25). The molecule has 140 valence electrons. The Hall–Kier alpha value is -2.75. The highest BCUT2D eigenvalue weighted by Crippen LogP contribution is 2.27. The lowest BCUT2D eigenvalue weighted by molar-refractivity contribution is 0.102. The van der Waals surface area contributed by atoms with Crippen LogP contribution in [-0.4, -0.2) is 26.1 Å². The lowest BCUT2D eigenvalue weighted by atomic mass is 10.2. The minimum Gasteiger partial charge on any atom is -0.319 e. The maximum Gasteiger partial charge on any atom is 0.271 e. The first-order valence-corrected chi connectivity index (χ1v) is 10.3. The molecule has 2 heterocycles. The third kappa shape index (κ3) is 4.22. The highest BCUT2D eigenvalue weighted by atomic mass is 35.5. The van der Waals surface area contributed by atoms with E-state index in [0.29, 0.717) is 37.0 Å². The van der Waals surface area contributed by atoms with Crippen molar-refractivity contribution < 1.29 is 4.79 Å². The Kier molecular flexibility index (Phi) is 5.38. The molecule has 0 saturated carbocycles. The van der Waals surface area contributed by atoms with E-state index in [4.69, 9.17) is 11.6 Å². The summed E-state index contributed by atoms with van der Waals surface area (Å²) in [7, 11) is 0. The number of anilines is 1. The van der Waals surface area contributed by atoms with E-state index in [0.717, 1.165) is 5.52 Å². The predicted molar refractivity (Wildman–Crippen MR) is 111 cm³/mol. The number of fused-ring (bicyclic) bond motifs is 1. The fourth-order valence-corrected chi connectivity index (χ4v) is 4.19. The second kappa shape index (κ2) is 8.09. The van der Waals surface area contributed by atoms with Crippen LogP contribution < -0.4 is 10.9 Å². The Labute approximate surface area is 172 Å². The maximum atomic E-state index is 12.2. The molecule has 10 heteroatoms. The molecule has 0 aliphatic heterocycles. The molecule has 28 heavy (non-hydrogen) atoms. The molecule has 0 atom stereocenters. The number of carbonyl (C=O) groups is 1. The number of carbonyl (C=O) groups excluding carboxylic acids is 1. The normalized spacial score (nSPS) is 10.9. The molecule has 0 unspecified atom stereocenters. The highest BCUT2D eigenvalue weighted by molar-refractivity contribution is 8.00. The molecule has 0 aliphatic rings. The number of thioether (sulfide) groups is 1. The summed E-state index contributed by atoms with van der Waals surface area (Å²) in [5, 5.41) is 11.6. The minimum absolute atomic E-state index is 0.230. The number of hydrogen-bond acceptors (Lipinski definition) is 7. The van der Waals surface area contributed by atoms with Crippen molar-refractivity contribution in [3.05, 3.63) is 75.2 Å². The second-order valence-electron chi connectivity index (χ2n) is 5.65. The van der Waals surface area contributed by atoms with Gasteiger partial charge < -0.3 is 4.98 Å². The molecule has 1 amide bonds. The SMILES string of the molecule is O=C(Nc1nnc(SCc2nc3ccccc3[nH]c2=O)s1)c1ccc(Cl)cc1. The summed E-state index contributed by atoms with van der Waals surface area (Å²) in [5.41, 5.74) is 2.08. The lowest BCUT2D eigenvalue weighted by Gasteiger charge is -2.01. The van der Waals surface area contributed by atoms with Crippen molar-refractivity contribution in [2.75, 3.05) is 5.32 Å². The number of nitrogens with one attached hydrogen (secondary N) is 2. The van der Waals surface area contributed by atoms with Crippen LogP contribution in [0.2, 0.25) is 5.02 Å². The number of benzene rings is 2. The number of rotatable bonds is 5. The zero-order chi connectivity index (χ0) is 19.5. The molecule has 2 aromatic heterocycles. The third-order valence-electron chi connectivity index (χ3n) is 3.74. The number of hydrogen-bond donors (Lipinski definition) is 2. The van der Waals surface area contributed by atoms with Gasteiger partial charge in [-0.3, -0.25) is 14.9 Å². The van der Waals surface area contributed by atoms with Gasteiger partial charge in [-0.15, -0.1) is 10.2 Å². The first-order chi connectivity index (χ1) is 13.6. The second-order valence-corrected chi connectivity index (χ2v) is 8.29. The number of aromatic amines is 1. The zero-order valence-corrected chi connectivity index (χ0v) is 16.6. The summed E-state index contributed by atoms with van der Waals surface area (Å²) in [4.78, 5) is 31.6. The average molecular weight is 430 g/mol. The average Bonchev–Trinajstić information content (AvgIpc) is 3.14. The summed E-state index contributed by atoms with van der Waals surface area (Å²) in [6.45, 7) is 0. The fourth-order valence-electron chi connectivity index (χ4n) is 2.38. The van der Waals surface area contributed by atoms with E-state index in [-0.39, 0.29) is 11.5 Å². The summed E-state index contributed by atoms with van der Waals surface area (Å²) in [5.74, 6) is 0.0527. The van der Waals surface area contributed by atoms with Gasteiger partial charge in [0.15, 0.2) is 4.34 Å². The maximum absolute atomic E-state index is 12.2. The van der Waals surface area contributed by atoms with Gasteiger partial charge in [0.1, 0.15) is 5.69 Å². The quantitative estimate of drug-likeness (QED) is 0.367. The highest BCUT2D eigenvalue weighted by Gasteiger charge is 2.12. The van der Waals surface area contributed by atoms with E-state index in [1.165, 1.54) is 23.1 Å². The van der Waals surface area contributed by atoms with Gasteiger partial charge in [0, 0.05) is 16.3 Å². The van der Waals surface area contributed by atoms with Gasteiger partial charge in [-0.25, -0.2) is 4.98 Å². The Morgan fingerprint density at radius 3 is 2.75 bits per heavy atom. The van der Waals surface area contributed by atoms with Crippen molar-refractivity contribution in [3.8, 4) is 0 Å². The number of nitrogens with zero attached hydrogens (tertiary/aromatic N) is 3. The molecule has 7 nitrogen and oxygen atoms in total. The number of H-pyrrole nitrogens is 1. The van der Waals surface area contributed by atoms with Crippen LogP contribution >= 0.6 is 34.7 Å². The molecule has 0 spiro atoms. The minimum atomic E-state index is -0.294. The predicted octanol–water partition coefficient (Wildman–Crippen LogP) is 3.97. The van der Waals surface area contributed by atoms with Crippen LogP contribution in [0.25, 0.3) is 11.0 Å². The van der Waals surface area contributed by atoms with Crippen molar-refractivity contribution in [1.29, 1.82) is 0 Å². The van der Waals surface area contributed by atoms with Crippen LogP contribution in [0, 0.1) is 0 Å². The van der Waals surface area contributed by atoms with Gasteiger partial charge in [-0.2, -0.15) is 0 Å². The van der Waals surface area contributed by atoms with Crippen LogP contribution in [0.15, 0.2) is 57.7 Å². The molecule has 2 N–H and O–H groups in total. The number of halogens is 1. The van der Waals surface area contributed by atoms with Gasteiger partial charge in [-0.1, -0.05) is 46.8 Å². The molecule has 0 fully saturated rings. The van der Waals surface area contributed by atoms with Crippen molar-refractivity contribution in [2.45, 2.75) is 10.1 Å². The summed E-state index contributed by atoms with van der Waals surface area (Å²) >= 11 is 8.39. The summed E-state index contributed by atoms with van der Waals surface area (Å²) in [6, 6.07) is 13.9. The van der Waals surface area contributed by atoms with Crippen molar-refractivity contribution in [1.82, 2.24) is 20.2 Å². The Bertz CT molecular complexity index is 1210. The number of amides is 1.